The predicted molar refractivity (Wildman–Crippen MR) is 74.5 cm³/mol. The van der Waals surface area contributed by atoms with Crippen molar-refractivity contribution in [2.24, 2.45) is 5.73 Å². The molecule has 5 nitrogen and oxygen atoms in total. The van der Waals surface area contributed by atoms with Gasteiger partial charge in [-0.25, -0.2) is 0 Å². The Morgan fingerprint density at radius 2 is 2.00 bits per heavy atom. The van der Waals surface area contributed by atoms with Gasteiger partial charge in [-0.3, -0.25) is 0 Å². The minimum absolute atomic E-state index is 0.188. The van der Waals surface area contributed by atoms with Gasteiger partial charge >= 0.3 is 0 Å². The molecule has 2 heterocycles. The van der Waals surface area contributed by atoms with Gasteiger partial charge in [-0.2, -0.15) is 4.98 Å². The third-order valence-electron chi connectivity index (χ3n) is 3.59. The first-order valence-electron chi connectivity index (χ1n) is 6.77. The Kier molecular flexibility index (Phi) is 2.83. The van der Waals surface area contributed by atoms with Crippen molar-refractivity contribution in [1.82, 2.24) is 10.1 Å². The largest absolute Gasteiger partial charge is 0.493 e. The molecule has 0 saturated carbocycles. The van der Waals surface area contributed by atoms with Gasteiger partial charge in [-0.1, -0.05) is 44.1 Å². The van der Waals surface area contributed by atoms with E-state index in [9.17, 15) is 0 Å². The molecule has 1 unspecified atom stereocenters. The molecule has 2 aromatic rings. The summed E-state index contributed by atoms with van der Waals surface area (Å²) in [7, 11) is 0. The van der Waals surface area contributed by atoms with Crippen LogP contribution in [-0.2, 0) is 11.0 Å². The number of fused-ring (bicyclic) bond motifs is 1. The zero-order chi connectivity index (χ0) is 14.4. The molecule has 0 aliphatic carbocycles. The Morgan fingerprint density at radius 3 is 2.70 bits per heavy atom. The van der Waals surface area contributed by atoms with E-state index in [-0.39, 0.29) is 5.41 Å². The maximum Gasteiger partial charge on any atom is 0.232 e. The molecule has 20 heavy (non-hydrogen) atoms. The second-order valence-corrected chi connectivity index (χ2v) is 6.24. The van der Waals surface area contributed by atoms with Crippen molar-refractivity contribution in [3.8, 4) is 5.75 Å². The van der Waals surface area contributed by atoms with Crippen molar-refractivity contribution in [1.29, 1.82) is 0 Å². The lowest BCUT2D eigenvalue weighted by Crippen LogP contribution is -2.43. The summed E-state index contributed by atoms with van der Waals surface area (Å²) >= 11 is 0. The molecule has 3 rings (SSSR count). The molecule has 1 atom stereocenters. The molecule has 1 aromatic carbocycles. The van der Waals surface area contributed by atoms with E-state index in [1.807, 2.05) is 45.0 Å². The molecule has 0 amide bonds. The third kappa shape index (κ3) is 1.98. The fourth-order valence-electron chi connectivity index (χ4n) is 2.36. The molecule has 0 bridgehead atoms. The van der Waals surface area contributed by atoms with Crippen LogP contribution in [0.3, 0.4) is 0 Å². The van der Waals surface area contributed by atoms with E-state index in [0.717, 1.165) is 11.3 Å². The highest BCUT2D eigenvalue weighted by molar-refractivity contribution is 5.44. The van der Waals surface area contributed by atoms with Crippen molar-refractivity contribution in [3.63, 3.8) is 0 Å². The fraction of sp³-hybridized carbons (Fsp3) is 0.467. The number of hydrogen-bond acceptors (Lipinski definition) is 5. The minimum Gasteiger partial charge on any atom is -0.493 e. The molecular formula is C15H19N3O2. The smallest absolute Gasteiger partial charge is 0.232 e. The van der Waals surface area contributed by atoms with Gasteiger partial charge in [0.25, 0.3) is 0 Å². The summed E-state index contributed by atoms with van der Waals surface area (Å²) in [6.45, 7) is 6.65. The zero-order valence-corrected chi connectivity index (χ0v) is 12.0. The number of benzene rings is 1. The Morgan fingerprint density at radius 1 is 1.25 bits per heavy atom. The summed E-state index contributed by atoms with van der Waals surface area (Å²) in [5, 5.41) is 4.11. The van der Waals surface area contributed by atoms with Gasteiger partial charge in [0.1, 0.15) is 11.3 Å². The number of nitrogens with zero attached hydrogens (tertiary/aromatic N) is 2. The van der Waals surface area contributed by atoms with Crippen molar-refractivity contribution < 1.29 is 9.26 Å². The highest BCUT2D eigenvalue weighted by Crippen LogP contribution is 2.38. The van der Waals surface area contributed by atoms with Gasteiger partial charge in [-0.15, -0.1) is 0 Å². The van der Waals surface area contributed by atoms with Crippen LogP contribution in [0.2, 0.25) is 0 Å². The van der Waals surface area contributed by atoms with Crippen molar-refractivity contribution in [2.75, 3.05) is 6.61 Å². The van der Waals surface area contributed by atoms with Crippen LogP contribution in [0.25, 0.3) is 0 Å². The molecule has 1 aromatic heterocycles. The van der Waals surface area contributed by atoms with Crippen molar-refractivity contribution in [2.45, 2.75) is 38.1 Å². The Labute approximate surface area is 118 Å². The zero-order valence-electron chi connectivity index (χ0n) is 12.0. The lowest BCUT2D eigenvalue weighted by atomic mass is 9.84. The maximum absolute atomic E-state index is 6.58. The van der Waals surface area contributed by atoms with Gasteiger partial charge in [-0.05, 0) is 6.07 Å². The number of hydrogen-bond donors (Lipinski definition) is 1. The van der Waals surface area contributed by atoms with Crippen LogP contribution < -0.4 is 10.5 Å². The summed E-state index contributed by atoms with van der Waals surface area (Å²) in [4.78, 5) is 4.52. The highest BCUT2D eigenvalue weighted by Gasteiger charge is 2.40. The number of aromatic nitrogens is 2. The number of ether oxygens (including phenoxy) is 1. The number of rotatable bonds is 1. The molecular weight excluding hydrogens is 254 g/mol. The van der Waals surface area contributed by atoms with Gasteiger partial charge in [0.2, 0.25) is 5.89 Å². The van der Waals surface area contributed by atoms with Gasteiger partial charge in [0.05, 0.1) is 6.61 Å². The second-order valence-electron chi connectivity index (χ2n) is 6.24. The summed E-state index contributed by atoms with van der Waals surface area (Å²) in [5.41, 5.74) is 6.56. The van der Waals surface area contributed by atoms with Crippen molar-refractivity contribution >= 4 is 0 Å². The van der Waals surface area contributed by atoms with Crippen LogP contribution in [-0.4, -0.2) is 16.7 Å². The normalized spacial score (nSPS) is 22.2. The van der Waals surface area contributed by atoms with E-state index in [0.29, 0.717) is 24.7 Å². The highest BCUT2D eigenvalue weighted by atomic mass is 16.5. The predicted octanol–water partition coefficient (Wildman–Crippen LogP) is 2.35. The van der Waals surface area contributed by atoms with Gasteiger partial charge in [0.15, 0.2) is 5.82 Å². The molecule has 106 valence electrons. The maximum atomic E-state index is 6.58. The van der Waals surface area contributed by atoms with Crippen LogP contribution in [0.4, 0.5) is 0 Å². The number of nitrogens with two attached hydrogens (primary N) is 1. The van der Waals surface area contributed by atoms with Crippen LogP contribution in [0, 0.1) is 0 Å². The van der Waals surface area contributed by atoms with E-state index >= 15 is 0 Å². The minimum atomic E-state index is -0.748. The summed E-state index contributed by atoms with van der Waals surface area (Å²) < 4.78 is 11.0. The molecule has 2 N–H and O–H groups in total. The average molecular weight is 273 g/mol. The van der Waals surface area contributed by atoms with Crippen LogP contribution >= 0.6 is 0 Å². The van der Waals surface area contributed by atoms with Crippen LogP contribution in [0.5, 0.6) is 5.75 Å². The van der Waals surface area contributed by atoms with E-state index in [1.54, 1.807) is 0 Å². The van der Waals surface area contributed by atoms with E-state index < -0.39 is 5.54 Å². The summed E-state index contributed by atoms with van der Waals surface area (Å²) in [6, 6.07) is 7.75. The molecule has 5 heteroatoms. The standard InChI is InChI=1S/C15H19N3O2/c1-14(2,3)13-17-12(18-20-13)15(16)8-9-19-11-7-5-4-6-10(11)15/h4-7H,8-9,16H2,1-3H3. The summed E-state index contributed by atoms with van der Waals surface area (Å²) in [5.74, 6) is 1.92. The lowest BCUT2D eigenvalue weighted by Gasteiger charge is -2.32. The summed E-state index contributed by atoms with van der Waals surface area (Å²) in [6.07, 6.45) is 0.632. The fourth-order valence-corrected chi connectivity index (χ4v) is 2.36. The first kappa shape index (κ1) is 13.1. The van der Waals surface area contributed by atoms with Crippen LogP contribution in [0.1, 0.15) is 44.5 Å². The Balaban J connectivity index is 2.08. The van der Waals surface area contributed by atoms with Gasteiger partial charge in [0, 0.05) is 17.4 Å². The Bertz CT molecular complexity index is 630. The number of para-hydroxylation sites is 1. The first-order valence-corrected chi connectivity index (χ1v) is 6.77. The molecule has 0 fully saturated rings. The quantitative estimate of drug-likeness (QED) is 0.863. The topological polar surface area (TPSA) is 74.2 Å². The first-order chi connectivity index (χ1) is 9.41. The monoisotopic (exact) mass is 273 g/mol. The molecule has 1 aliphatic rings. The van der Waals surface area contributed by atoms with Crippen LogP contribution in [0.15, 0.2) is 28.8 Å². The van der Waals surface area contributed by atoms with E-state index in [4.69, 9.17) is 15.0 Å². The van der Waals surface area contributed by atoms with E-state index in [1.165, 1.54) is 0 Å². The molecule has 0 spiro atoms. The average Bonchev–Trinajstić information content (AvgIpc) is 2.89. The Hall–Kier alpha value is -1.88. The van der Waals surface area contributed by atoms with E-state index in [2.05, 4.69) is 10.1 Å². The molecule has 0 radical (unpaired) electrons. The molecule has 0 saturated heterocycles. The second kappa shape index (κ2) is 4.31. The third-order valence-corrected chi connectivity index (χ3v) is 3.59. The lowest BCUT2D eigenvalue weighted by molar-refractivity contribution is 0.228. The van der Waals surface area contributed by atoms with Crippen molar-refractivity contribution in [3.05, 3.63) is 41.5 Å². The van der Waals surface area contributed by atoms with Gasteiger partial charge < -0.3 is 15.0 Å². The molecule has 1 aliphatic heterocycles. The SMILES string of the molecule is CC(C)(C)c1nc(C2(N)CCOc3ccccc32)no1.